The lowest BCUT2D eigenvalue weighted by atomic mass is 9.41. The molecule has 34 heavy (non-hydrogen) atoms. The number of carbonyl (C=O) groups excluding carboxylic acids is 1. The van der Waals surface area contributed by atoms with Crippen LogP contribution in [0.2, 0.25) is 0 Å². The van der Waals surface area contributed by atoms with Crippen molar-refractivity contribution < 1.29 is 19.8 Å². The van der Waals surface area contributed by atoms with Crippen molar-refractivity contribution in [3.8, 4) is 0 Å². The quantitative estimate of drug-likeness (QED) is 0.340. The Labute approximate surface area is 206 Å². The number of carboxylic acids is 1. The molecular weight excluding hydrogens is 424 g/mol. The highest BCUT2D eigenvalue weighted by atomic mass is 16.4. The summed E-state index contributed by atoms with van der Waals surface area (Å²) >= 11 is 0. The van der Waals surface area contributed by atoms with Crippen molar-refractivity contribution in [2.75, 3.05) is 0 Å². The Hall–Kier alpha value is -1.42. The first-order chi connectivity index (χ1) is 15.7. The summed E-state index contributed by atoms with van der Waals surface area (Å²) < 4.78 is 0. The van der Waals surface area contributed by atoms with E-state index in [1.54, 1.807) is 5.57 Å². The minimum absolute atomic E-state index is 0.000943. The van der Waals surface area contributed by atoms with Crippen molar-refractivity contribution in [1.82, 2.24) is 0 Å². The van der Waals surface area contributed by atoms with E-state index >= 15 is 0 Å². The van der Waals surface area contributed by atoms with Gasteiger partial charge in [0, 0.05) is 18.4 Å². The van der Waals surface area contributed by atoms with Crippen molar-refractivity contribution in [2.45, 2.75) is 105 Å². The zero-order chi connectivity index (χ0) is 25.3. The standard InChI is InChI=1S/C30H46O4/c1-18(16-20(31)17-19(2)26(33)34)21-10-14-30(7)23-8-9-24-27(3,4)25(32)12-13-28(24,5)22(23)11-15-29(21,30)6/h8,18,21-22,24-25,32H,2,9-17H2,1,3-7H3,(H,33,34)/t18-,21-,22-,24?,25?,28-,29-,30+/m1/s1. The summed E-state index contributed by atoms with van der Waals surface area (Å²) in [5, 5.41) is 19.9. The molecule has 8 atom stereocenters. The van der Waals surface area contributed by atoms with Crippen molar-refractivity contribution in [3.63, 3.8) is 0 Å². The monoisotopic (exact) mass is 470 g/mol. The van der Waals surface area contributed by atoms with Crippen molar-refractivity contribution >= 4 is 11.8 Å². The van der Waals surface area contributed by atoms with Gasteiger partial charge in [-0.2, -0.15) is 0 Å². The number of fused-ring (bicyclic) bond motifs is 5. The Bertz CT molecular complexity index is 915. The Morgan fingerprint density at radius 1 is 1.09 bits per heavy atom. The summed E-state index contributed by atoms with van der Waals surface area (Å²) in [5.41, 5.74) is 2.17. The van der Waals surface area contributed by atoms with Gasteiger partial charge in [0.2, 0.25) is 0 Å². The fourth-order valence-corrected chi connectivity index (χ4v) is 9.54. The summed E-state index contributed by atoms with van der Waals surface area (Å²) in [7, 11) is 0. The van der Waals surface area contributed by atoms with E-state index in [4.69, 9.17) is 5.11 Å². The number of carboxylic acid groups (broad SMARTS) is 1. The maximum atomic E-state index is 12.6. The van der Waals surface area contributed by atoms with Crippen LogP contribution in [0.25, 0.3) is 0 Å². The number of allylic oxidation sites excluding steroid dienone is 2. The van der Waals surface area contributed by atoms with E-state index in [1.807, 2.05) is 0 Å². The number of aliphatic carboxylic acids is 1. The maximum Gasteiger partial charge on any atom is 0.331 e. The van der Waals surface area contributed by atoms with Crippen LogP contribution in [0, 0.1) is 45.3 Å². The Kier molecular flexibility index (Phi) is 6.28. The molecule has 0 aromatic rings. The topological polar surface area (TPSA) is 74.6 Å². The summed E-state index contributed by atoms with van der Waals surface area (Å²) in [6.07, 6.45) is 10.5. The normalized spacial score (nSPS) is 43.7. The number of rotatable bonds is 6. The maximum absolute atomic E-state index is 12.6. The van der Waals surface area contributed by atoms with E-state index in [1.165, 1.54) is 19.3 Å². The summed E-state index contributed by atoms with van der Waals surface area (Å²) in [6.45, 7) is 17.8. The Morgan fingerprint density at radius 2 is 1.76 bits per heavy atom. The second-order valence-electron chi connectivity index (χ2n) is 13.6. The number of ketones is 1. The third-order valence-electron chi connectivity index (χ3n) is 11.8. The van der Waals surface area contributed by atoms with Crippen LogP contribution < -0.4 is 0 Å². The molecule has 3 fully saturated rings. The van der Waals surface area contributed by atoms with Gasteiger partial charge in [-0.05, 0) is 90.3 Å². The van der Waals surface area contributed by atoms with Gasteiger partial charge < -0.3 is 10.2 Å². The van der Waals surface area contributed by atoms with Gasteiger partial charge >= 0.3 is 5.97 Å². The second-order valence-corrected chi connectivity index (χ2v) is 13.6. The van der Waals surface area contributed by atoms with E-state index in [9.17, 15) is 14.7 Å². The summed E-state index contributed by atoms with van der Waals surface area (Å²) in [4.78, 5) is 23.7. The van der Waals surface area contributed by atoms with E-state index < -0.39 is 5.97 Å². The highest BCUT2D eigenvalue weighted by Gasteiger charge is 2.65. The average molecular weight is 471 g/mol. The second kappa shape index (κ2) is 8.32. The van der Waals surface area contributed by atoms with Crippen LogP contribution in [0.3, 0.4) is 0 Å². The number of hydrogen-bond donors (Lipinski definition) is 2. The highest BCUT2D eigenvalue weighted by Crippen LogP contribution is 2.73. The molecule has 0 aliphatic heterocycles. The van der Waals surface area contributed by atoms with E-state index in [-0.39, 0.29) is 51.5 Å². The highest BCUT2D eigenvalue weighted by molar-refractivity contribution is 5.94. The lowest BCUT2D eigenvalue weighted by Crippen LogP contribution is -2.58. The first kappa shape index (κ1) is 25.7. The molecule has 4 aliphatic carbocycles. The van der Waals surface area contributed by atoms with E-state index in [0.29, 0.717) is 24.2 Å². The molecule has 3 saturated carbocycles. The predicted octanol–water partition coefficient (Wildman–Crippen LogP) is 6.58. The molecule has 2 N–H and O–H groups in total. The average Bonchev–Trinajstić information content (AvgIpc) is 3.02. The molecule has 0 saturated heterocycles. The Morgan fingerprint density at radius 3 is 2.41 bits per heavy atom. The lowest BCUT2D eigenvalue weighted by molar-refractivity contribution is -0.134. The summed E-state index contributed by atoms with van der Waals surface area (Å²) in [6, 6.07) is 0. The van der Waals surface area contributed by atoms with Crippen molar-refractivity contribution in [3.05, 3.63) is 23.8 Å². The predicted molar refractivity (Wildman–Crippen MR) is 135 cm³/mol. The SMILES string of the molecule is C=C(CC(=O)C[C@@H](C)[C@H]1CC[C@@]2(C)C3=CCC4C(C)(C)C(O)CC[C@]4(C)[C@@H]3CC[C@]12C)C(=O)O. The lowest BCUT2D eigenvalue weighted by Gasteiger charge is -2.64. The first-order valence-corrected chi connectivity index (χ1v) is 13.5. The molecule has 4 nitrogen and oxygen atoms in total. The van der Waals surface area contributed by atoms with Crippen molar-refractivity contribution in [2.24, 2.45) is 45.3 Å². The minimum atomic E-state index is -1.07. The van der Waals surface area contributed by atoms with Crippen LogP contribution in [0.5, 0.6) is 0 Å². The summed E-state index contributed by atoms with van der Waals surface area (Å²) in [5.74, 6) is 0.743. The van der Waals surface area contributed by atoms with Gasteiger partial charge in [-0.3, -0.25) is 4.79 Å². The fourth-order valence-electron chi connectivity index (χ4n) is 9.54. The van der Waals surface area contributed by atoms with Gasteiger partial charge in [0.05, 0.1) is 6.10 Å². The molecule has 0 aromatic carbocycles. The molecule has 0 radical (unpaired) electrons. The van der Waals surface area contributed by atoms with Crippen LogP contribution in [0.1, 0.15) is 99.3 Å². The molecule has 190 valence electrons. The molecule has 0 bridgehead atoms. The third-order valence-corrected chi connectivity index (χ3v) is 11.8. The van der Waals surface area contributed by atoms with Gasteiger partial charge in [0.25, 0.3) is 0 Å². The van der Waals surface area contributed by atoms with Crippen LogP contribution in [-0.2, 0) is 9.59 Å². The number of Topliss-reactive ketones (excluding diaryl/α,β-unsaturated/α-hetero) is 1. The zero-order valence-corrected chi connectivity index (χ0v) is 22.2. The Balaban J connectivity index is 1.58. The van der Waals surface area contributed by atoms with E-state index in [2.05, 4.69) is 54.2 Å². The number of aliphatic hydroxyl groups excluding tert-OH is 1. The number of carbonyl (C=O) groups is 2. The largest absolute Gasteiger partial charge is 0.478 e. The van der Waals surface area contributed by atoms with Crippen molar-refractivity contribution in [1.29, 1.82) is 0 Å². The number of aliphatic hydroxyl groups is 1. The minimum Gasteiger partial charge on any atom is -0.478 e. The van der Waals surface area contributed by atoms with Crippen LogP contribution in [0.4, 0.5) is 0 Å². The molecular formula is C30H46O4. The van der Waals surface area contributed by atoms with Gasteiger partial charge in [0.1, 0.15) is 5.78 Å². The molecule has 0 spiro atoms. The number of hydrogen-bond acceptors (Lipinski definition) is 3. The molecule has 0 aromatic heterocycles. The molecule has 0 heterocycles. The zero-order valence-electron chi connectivity index (χ0n) is 22.2. The van der Waals surface area contributed by atoms with Crippen LogP contribution in [0.15, 0.2) is 23.8 Å². The van der Waals surface area contributed by atoms with Gasteiger partial charge in [-0.15, -0.1) is 0 Å². The van der Waals surface area contributed by atoms with Gasteiger partial charge in [-0.1, -0.05) is 59.8 Å². The van der Waals surface area contributed by atoms with Gasteiger partial charge in [-0.25, -0.2) is 4.79 Å². The van der Waals surface area contributed by atoms with E-state index in [0.717, 1.165) is 25.7 Å². The molecule has 2 unspecified atom stereocenters. The molecule has 4 heteroatoms. The third kappa shape index (κ3) is 3.57. The fraction of sp³-hybridized carbons (Fsp3) is 0.800. The smallest absolute Gasteiger partial charge is 0.331 e. The van der Waals surface area contributed by atoms with Crippen LogP contribution in [-0.4, -0.2) is 28.1 Å². The molecule has 4 rings (SSSR count). The first-order valence-electron chi connectivity index (χ1n) is 13.5. The van der Waals surface area contributed by atoms with Gasteiger partial charge in [0.15, 0.2) is 0 Å². The molecule has 0 amide bonds. The molecule has 4 aliphatic rings. The van der Waals surface area contributed by atoms with Crippen LogP contribution >= 0.6 is 0 Å².